The first-order valence-corrected chi connectivity index (χ1v) is 5.43. The minimum absolute atomic E-state index is 0.0715. The molecule has 0 aromatic heterocycles. The Labute approximate surface area is 92.8 Å². The molecule has 0 aromatic carbocycles. The number of carbonyl (C=O) groups is 1. The number of hydrogen-bond acceptors (Lipinski definition) is 3. The van der Waals surface area contributed by atoms with Crippen molar-refractivity contribution in [2.24, 2.45) is 0 Å². The maximum absolute atomic E-state index is 11.4. The van der Waals surface area contributed by atoms with Gasteiger partial charge in [0.1, 0.15) is 5.60 Å². The standard InChI is InChI=1S/C11H24N2O2/c1-8(2)12-7-9(3)13-10(14)15-11(4,5)6/h8-9,12H,7H2,1-6H3,(H,13,14)/t9-/m0/s1. The lowest BCUT2D eigenvalue weighted by atomic mass is 10.2. The van der Waals surface area contributed by atoms with Gasteiger partial charge >= 0.3 is 6.09 Å². The molecule has 90 valence electrons. The number of hydrogen-bond donors (Lipinski definition) is 2. The minimum Gasteiger partial charge on any atom is -0.444 e. The quantitative estimate of drug-likeness (QED) is 0.754. The first-order valence-electron chi connectivity index (χ1n) is 5.43. The molecule has 0 spiro atoms. The van der Waals surface area contributed by atoms with E-state index in [1.165, 1.54) is 0 Å². The first kappa shape index (κ1) is 14.2. The fourth-order valence-corrected chi connectivity index (χ4v) is 0.972. The van der Waals surface area contributed by atoms with Crippen LogP contribution in [-0.2, 0) is 4.74 Å². The molecule has 2 N–H and O–H groups in total. The number of alkyl carbamates (subject to hydrolysis) is 1. The molecule has 4 heteroatoms. The third-order valence-corrected chi connectivity index (χ3v) is 1.60. The summed E-state index contributed by atoms with van der Waals surface area (Å²) >= 11 is 0. The van der Waals surface area contributed by atoms with Gasteiger partial charge in [-0.3, -0.25) is 0 Å². The van der Waals surface area contributed by atoms with E-state index in [0.717, 1.165) is 6.54 Å². The molecule has 0 aliphatic rings. The van der Waals surface area contributed by atoms with Gasteiger partial charge in [0, 0.05) is 18.6 Å². The van der Waals surface area contributed by atoms with Gasteiger partial charge in [0.15, 0.2) is 0 Å². The molecule has 0 saturated carbocycles. The van der Waals surface area contributed by atoms with Crippen LogP contribution < -0.4 is 10.6 Å². The van der Waals surface area contributed by atoms with E-state index in [1.807, 2.05) is 27.7 Å². The Bertz CT molecular complexity index is 197. The number of nitrogens with one attached hydrogen (secondary N) is 2. The Hall–Kier alpha value is -0.770. The topological polar surface area (TPSA) is 50.4 Å². The number of amides is 1. The van der Waals surface area contributed by atoms with E-state index < -0.39 is 5.60 Å². The highest BCUT2D eigenvalue weighted by atomic mass is 16.6. The molecule has 4 nitrogen and oxygen atoms in total. The summed E-state index contributed by atoms with van der Waals surface area (Å²) in [6.07, 6.45) is -0.361. The van der Waals surface area contributed by atoms with Gasteiger partial charge in [-0.05, 0) is 27.7 Å². The summed E-state index contributed by atoms with van der Waals surface area (Å²) in [6, 6.07) is 0.495. The van der Waals surface area contributed by atoms with E-state index in [1.54, 1.807) is 0 Å². The second-order valence-electron chi connectivity index (χ2n) is 5.11. The molecule has 0 rings (SSSR count). The summed E-state index contributed by atoms with van der Waals surface area (Å²) in [5.41, 5.74) is -0.435. The van der Waals surface area contributed by atoms with Gasteiger partial charge in [-0.15, -0.1) is 0 Å². The van der Waals surface area contributed by atoms with Crippen LogP contribution in [0.1, 0.15) is 41.5 Å². The van der Waals surface area contributed by atoms with Crippen molar-refractivity contribution >= 4 is 6.09 Å². The summed E-state index contributed by atoms with van der Waals surface area (Å²) in [4.78, 5) is 11.4. The largest absolute Gasteiger partial charge is 0.444 e. The highest BCUT2D eigenvalue weighted by Gasteiger charge is 2.17. The molecule has 0 radical (unpaired) electrons. The second-order valence-corrected chi connectivity index (χ2v) is 5.11. The molecule has 0 heterocycles. The van der Waals surface area contributed by atoms with Gasteiger partial charge < -0.3 is 15.4 Å². The molecule has 0 aromatic rings. The monoisotopic (exact) mass is 216 g/mol. The normalized spacial score (nSPS) is 13.8. The van der Waals surface area contributed by atoms with Crippen LogP contribution in [0.5, 0.6) is 0 Å². The lowest BCUT2D eigenvalue weighted by Crippen LogP contribution is -2.43. The van der Waals surface area contributed by atoms with Crippen LogP contribution >= 0.6 is 0 Å². The van der Waals surface area contributed by atoms with Crippen molar-refractivity contribution in [2.45, 2.75) is 59.2 Å². The third kappa shape index (κ3) is 9.53. The highest BCUT2D eigenvalue weighted by molar-refractivity contribution is 5.68. The van der Waals surface area contributed by atoms with Gasteiger partial charge in [0.05, 0.1) is 0 Å². The van der Waals surface area contributed by atoms with Crippen molar-refractivity contribution in [3.8, 4) is 0 Å². The molecule has 0 aliphatic heterocycles. The molecule has 0 unspecified atom stereocenters. The highest BCUT2D eigenvalue weighted by Crippen LogP contribution is 2.06. The SMILES string of the molecule is CC(C)NC[C@H](C)NC(=O)OC(C)(C)C. The molecule has 15 heavy (non-hydrogen) atoms. The molecular weight excluding hydrogens is 192 g/mol. The van der Waals surface area contributed by atoms with E-state index in [4.69, 9.17) is 4.74 Å². The molecule has 1 atom stereocenters. The summed E-state index contributed by atoms with van der Waals surface area (Å²) < 4.78 is 5.14. The van der Waals surface area contributed by atoms with Crippen molar-refractivity contribution in [1.82, 2.24) is 10.6 Å². The van der Waals surface area contributed by atoms with Crippen LogP contribution in [0.4, 0.5) is 4.79 Å². The van der Waals surface area contributed by atoms with Crippen molar-refractivity contribution in [1.29, 1.82) is 0 Å². The van der Waals surface area contributed by atoms with Crippen LogP contribution in [0.25, 0.3) is 0 Å². The fraction of sp³-hybridized carbons (Fsp3) is 0.909. The van der Waals surface area contributed by atoms with Crippen molar-refractivity contribution in [3.63, 3.8) is 0 Å². The van der Waals surface area contributed by atoms with Crippen LogP contribution in [0, 0.1) is 0 Å². The van der Waals surface area contributed by atoms with Gasteiger partial charge in [-0.25, -0.2) is 4.79 Å². The zero-order valence-corrected chi connectivity index (χ0v) is 10.7. The van der Waals surface area contributed by atoms with E-state index >= 15 is 0 Å². The van der Waals surface area contributed by atoms with Gasteiger partial charge in [0.25, 0.3) is 0 Å². The third-order valence-electron chi connectivity index (χ3n) is 1.60. The zero-order chi connectivity index (χ0) is 12.1. The second kappa shape index (κ2) is 5.95. The van der Waals surface area contributed by atoms with Crippen LogP contribution in [0.2, 0.25) is 0 Å². The van der Waals surface area contributed by atoms with E-state index in [9.17, 15) is 4.79 Å². The van der Waals surface area contributed by atoms with Crippen molar-refractivity contribution in [3.05, 3.63) is 0 Å². The Kier molecular flexibility index (Phi) is 5.65. The van der Waals surface area contributed by atoms with E-state index in [-0.39, 0.29) is 12.1 Å². The van der Waals surface area contributed by atoms with Gasteiger partial charge in [-0.2, -0.15) is 0 Å². The Morgan fingerprint density at radius 1 is 1.27 bits per heavy atom. The molecule has 0 fully saturated rings. The maximum atomic E-state index is 11.4. The summed E-state index contributed by atoms with van der Waals surface area (Å²) in [7, 11) is 0. The predicted molar refractivity (Wildman–Crippen MR) is 62.0 cm³/mol. The Morgan fingerprint density at radius 2 is 1.80 bits per heavy atom. The Balaban J connectivity index is 3.77. The first-order chi connectivity index (χ1) is 6.70. The summed E-state index contributed by atoms with van der Waals surface area (Å²) in [5.74, 6) is 0. The average Bonchev–Trinajstić information content (AvgIpc) is 1.96. The smallest absolute Gasteiger partial charge is 0.407 e. The van der Waals surface area contributed by atoms with Gasteiger partial charge in [-0.1, -0.05) is 13.8 Å². The number of carbonyl (C=O) groups excluding carboxylic acids is 1. The zero-order valence-electron chi connectivity index (χ0n) is 10.7. The minimum atomic E-state index is -0.435. The van der Waals surface area contributed by atoms with Crippen LogP contribution in [0.3, 0.4) is 0 Å². The van der Waals surface area contributed by atoms with Crippen molar-refractivity contribution < 1.29 is 9.53 Å². The average molecular weight is 216 g/mol. The fourth-order valence-electron chi connectivity index (χ4n) is 0.972. The van der Waals surface area contributed by atoms with Crippen LogP contribution in [-0.4, -0.2) is 30.3 Å². The molecular formula is C11H24N2O2. The maximum Gasteiger partial charge on any atom is 0.407 e. The van der Waals surface area contributed by atoms with Crippen molar-refractivity contribution in [2.75, 3.05) is 6.54 Å². The predicted octanol–water partition coefficient (Wildman–Crippen LogP) is 1.90. The lowest BCUT2D eigenvalue weighted by molar-refractivity contribution is 0.0508. The Morgan fingerprint density at radius 3 is 2.20 bits per heavy atom. The van der Waals surface area contributed by atoms with E-state index in [2.05, 4.69) is 24.5 Å². The van der Waals surface area contributed by atoms with Gasteiger partial charge in [0.2, 0.25) is 0 Å². The lowest BCUT2D eigenvalue weighted by Gasteiger charge is -2.22. The number of rotatable bonds is 4. The molecule has 0 aliphatic carbocycles. The summed E-state index contributed by atoms with van der Waals surface area (Å²) in [6.45, 7) is 12.4. The molecule has 0 saturated heterocycles. The summed E-state index contributed by atoms with van der Waals surface area (Å²) in [5, 5.41) is 6.01. The van der Waals surface area contributed by atoms with Crippen LogP contribution in [0.15, 0.2) is 0 Å². The molecule has 0 bridgehead atoms. The molecule has 1 amide bonds. The number of ether oxygens (including phenoxy) is 1. The van der Waals surface area contributed by atoms with E-state index in [0.29, 0.717) is 6.04 Å².